The van der Waals surface area contributed by atoms with E-state index in [0.717, 1.165) is 17.7 Å². The van der Waals surface area contributed by atoms with E-state index in [1.165, 1.54) is 4.90 Å². The van der Waals surface area contributed by atoms with Gasteiger partial charge in [0, 0.05) is 17.9 Å². The molecular weight excluding hydrogens is 270 g/mol. The molecule has 2 rings (SSSR count). The Bertz CT molecular complexity index is 578. The molecule has 0 spiro atoms. The fourth-order valence-electron chi connectivity index (χ4n) is 2.26. The molecule has 0 aliphatic carbocycles. The van der Waals surface area contributed by atoms with Crippen molar-refractivity contribution >= 4 is 23.3 Å². The second kappa shape index (κ2) is 5.37. The van der Waals surface area contributed by atoms with Crippen molar-refractivity contribution in [3.8, 4) is 0 Å². The van der Waals surface area contributed by atoms with Crippen molar-refractivity contribution in [1.82, 2.24) is 0 Å². The van der Waals surface area contributed by atoms with Gasteiger partial charge < -0.3 is 21.1 Å². The lowest BCUT2D eigenvalue weighted by atomic mass is 10.1. The zero-order valence-electron chi connectivity index (χ0n) is 12.6. The minimum atomic E-state index is -1.32. The number of nitrogens with two attached hydrogens (primary N) is 2. The minimum absolute atomic E-state index is 0.464. The molecule has 1 aromatic rings. The van der Waals surface area contributed by atoms with Crippen LogP contribution in [0.15, 0.2) is 18.2 Å². The molecule has 6 nitrogen and oxygen atoms in total. The highest BCUT2D eigenvalue weighted by atomic mass is 16.6. The van der Waals surface area contributed by atoms with Crippen molar-refractivity contribution in [3.63, 3.8) is 0 Å². The molecule has 1 aliphatic rings. The van der Waals surface area contributed by atoms with E-state index >= 15 is 0 Å². The van der Waals surface area contributed by atoms with Crippen molar-refractivity contribution in [2.75, 3.05) is 17.2 Å². The van der Waals surface area contributed by atoms with E-state index in [0.29, 0.717) is 12.2 Å². The molecule has 0 aromatic heterocycles. The predicted molar refractivity (Wildman–Crippen MR) is 80.7 cm³/mol. The number of hydrogen-bond acceptors (Lipinski definition) is 5. The number of amides is 1. The van der Waals surface area contributed by atoms with Crippen LogP contribution in [0, 0.1) is 0 Å². The number of nitrogens with zero attached hydrogens (tertiary/aromatic N) is 1. The third kappa shape index (κ3) is 3.33. The first-order valence-electron chi connectivity index (χ1n) is 6.87. The third-order valence-electron chi connectivity index (χ3n) is 3.20. The van der Waals surface area contributed by atoms with Gasteiger partial charge >= 0.3 is 5.97 Å². The van der Waals surface area contributed by atoms with Gasteiger partial charge in [-0.25, -0.2) is 4.79 Å². The summed E-state index contributed by atoms with van der Waals surface area (Å²) in [5.74, 6) is -1.18. The Labute approximate surface area is 124 Å². The molecule has 0 fully saturated rings. The van der Waals surface area contributed by atoms with Crippen LogP contribution < -0.4 is 16.4 Å². The van der Waals surface area contributed by atoms with Gasteiger partial charge in [-0.15, -0.1) is 0 Å². The first-order valence-corrected chi connectivity index (χ1v) is 6.87. The standard InChI is InChI=1S/C15H21N3O3/c1-15(2,3)21-14(20)12(17)13(19)18-7-6-9-4-5-10(16)8-11(9)18/h4-5,8,12H,6-7,16-17H2,1-3H3. The number of rotatable bonds is 2. The minimum Gasteiger partial charge on any atom is -0.458 e. The van der Waals surface area contributed by atoms with E-state index in [4.69, 9.17) is 16.2 Å². The lowest BCUT2D eigenvalue weighted by Gasteiger charge is -2.24. The Kier molecular flexibility index (Phi) is 3.91. The maximum absolute atomic E-state index is 12.4. The van der Waals surface area contributed by atoms with Crippen molar-refractivity contribution in [2.24, 2.45) is 5.73 Å². The Morgan fingerprint density at radius 1 is 1.33 bits per heavy atom. The third-order valence-corrected chi connectivity index (χ3v) is 3.20. The van der Waals surface area contributed by atoms with Crippen LogP contribution in [0.5, 0.6) is 0 Å². The summed E-state index contributed by atoms with van der Waals surface area (Å²) in [6, 6.07) is 4.08. The van der Waals surface area contributed by atoms with Gasteiger partial charge in [0.2, 0.25) is 0 Å². The van der Waals surface area contributed by atoms with Gasteiger partial charge in [-0.3, -0.25) is 4.79 Å². The summed E-state index contributed by atoms with van der Waals surface area (Å²) in [6.07, 6.45) is 0.725. The van der Waals surface area contributed by atoms with E-state index in [2.05, 4.69) is 0 Å². The quantitative estimate of drug-likeness (QED) is 0.477. The van der Waals surface area contributed by atoms with Gasteiger partial charge in [-0.1, -0.05) is 6.07 Å². The molecule has 1 atom stereocenters. The van der Waals surface area contributed by atoms with E-state index in [1.807, 2.05) is 6.07 Å². The Balaban J connectivity index is 2.15. The van der Waals surface area contributed by atoms with Gasteiger partial charge in [0.1, 0.15) is 5.60 Å². The highest BCUT2D eigenvalue weighted by Crippen LogP contribution is 2.30. The molecule has 6 heteroatoms. The topological polar surface area (TPSA) is 98.6 Å². The van der Waals surface area contributed by atoms with Crippen LogP contribution in [0.3, 0.4) is 0 Å². The molecule has 0 radical (unpaired) electrons. The zero-order valence-corrected chi connectivity index (χ0v) is 12.6. The number of benzene rings is 1. The normalized spacial score (nSPS) is 15.5. The molecule has 1 aliphatic heterocycles. The molecule has 0 bridgehead atoms. The second-order valence-electron chi connectivity index (χ2n) is 6.14. The van der Waals surface area contributed by atoms with E-state index in [9.17, 15) is 9.59 Å². The van der Waals surface area contributed by atoms with Gasteiger partial charge in [0.25, 0.3) is 5.91 Å². The monoisotopic (exact) mass is 291 g/mol. The number of esters is 1. The molecule has 0 saturated heterocycles. The maximum atomic E-state index is 12.4. The van der Waals surface area contributed by atoms with Crippen LogP contribution in [-0.4, -0.2) is 30.1 Å². The summed E-state index contributed by atoms with van der Waals surface area (Å²) in [6.45, 7) is 5.68. The predicted octanol–water partition coefficient (Wildman–Crippen LogP) is 0.827. The molecule has 0 saturated carbocycles. The number of hydrogen-bond donors (Lipinski definition) is 2. The lowest BCUT2D eigenvalue weighted by Crippen LogP contribution is -2.50. The van der Waals surface area contributed by atoms with E-state index < -0.39 is 23.5 Å². The first kappa shape index (κ1) is 15.3. The molecule has 1 aromatic carbocycles. The fraction of sp³-hybridized carbons (Fsp3) is 0.467. The summed E-state index contributed by atoms with van der Waals surface area (Å²) in [7, 11) is 0. The number of carbonyl (C=O) groups is 2. The van der Waals surface area contributed by atoms with E-state index in [1.54, 1.807) is 32.9 Å². The fourth-order valence-corrected chi connectivity index (χ4v) is 2.26. The Morgan fingerprint density at radius 3 is 2.62 bits per heavy atom. The second-order valence-corrected chi connectivity index (χ2v) is 6.14. The molecule has 1 heterocycles. The molecule has 1 amide bonds. The summed E-state index contributed by atoms with van der Waals surface area (Å²) in [4.78, 5) is 25.8. The maximum Gasteiger partial charge on any atom is 0.333 e. The summed E-state index contributed by atoms with van der Waals surface area (Å²) >= 11 is 0. The molecule has 1 unspecified atom stereocenters. The van der Waals surface area contributed by atoms with Crippen molar-refractivity contribution in [2.45, 2.75) is 38.8 Å². The van der Waals surface area contributed by atoms with Crippen molar-refractivity contribution in [1.29, 1.82) is 0 Å². The van der Waals surface area contributed by atoms with Gasteiger partial charge in [-0.2, -0.15) is 0 Å². The number of carbonyl (C=O) groups excluding carboxylic acids is 2. The van der Waals surface area contributed by atoms with Crippen molar-refractivity contribution < 1.29 is 14.3 Å². The molecule has 4 N–H and O–H groups in total. The molecular formula is C15H21N3O3. The van der Waals surface area contributed by atoms with Crippen LogP contribution in [0.2, 0.25) is 0 Å². The van der Waals surface area contributed by atoms with Crippen LogP contribution in [-0.2, 0) is 20.7 Å². The van der Waals surface area contributed by atoms with Gasteiger partial charge in [0.05, 0.1) is 0 Å². The average Bonchev–Trinajstić information content (AvgIpc) is 2.77. The number of nitrogen functional groups attached to an aromatic ring is 1. The Morgan fingerprint density at radius 2 is 2.00 bits per heavy atom. The summed E-state index contributed by atoms with van der Waals surface area (Å²) in [5, 5.41) is 0. The van der Waals surface area contributed by atoms with Crippen LogP contribution in [0.25, 0.3) is 0 Å². The van der Waals surface area contributed by atoms with Crippen molar-refractivity contribution in [3.05, 3.63) is 23.8 Å². The van der Waals surface area contributed by atoms with E-state index in [-0.39, 0.29) is 0 Å². The number of anilines is 2. The number of fused-ring (bicyclic) bond motifs is 1. The number of ether oxygens (including phenoxy) is 1. The smallest absolute Gasteiger partial charge is 0.333 e. The Hall–Kier alpha value is -2.08. The zero-order chi connectivity index (χ0) is 15.8. The average molecular weight is 291 g/mol. The lowest BCUT2D eigenvalue weighted by molar-refractivity contribution is -0.158. The summed E-state index contributed by atoms with van der Waals surface area (Å²) in [5.41, 5.74) is 13.1. The van der Waals surface area contributed by atoms with Gasteiger partial charge in [0.15, 0.2) is 6.04 Å². The largest absolute Gasteiger partial charge is 0.458 e. The highest BCUT2D eigenvalue weighted by molar-refractivity contribution is 6.10. The molecule has 21 heavy (non-hydrogen) atoms. The van der Waals surface area contributed by atoms with Crippen LogP contribution in [0.1, 0.15) is 26.3 Å². The summed E-state index contributed by atoms with van der Waals surface area (Å²) < 4.78 is 5.16. The first-order chi connectivity index (χ1) is 9.69. The highest BCUT2D eigenvalue weighted by Gasteiger charge is 2.34. The van der Waals surface area contributed by atoms with Gasteiger partial charge in [-0.05, 0) is 44.9 Å². The molecule has 114 valence electrons. The van der Waals surface area contributed by atoms with Crippen LogP contribution >= 0.6 is 0 Å². The SMILES string of the molecule is CC(C)(C)OC(=O)C(N)C(=O)N1CCc2ccc(N)cc21. The van der Waals surface area contributed by atoms with Crippen LogP contribution in [0.4, 0.5) is 11.4 Å².